The lowest BCUT2D eigenvalue weighted by atomic mass is 10.3. The van der Waals surface area contributed by atoms with Crippen molar-refractivity contribution in [3.8, 4) is 5.88 Å². The van der Waals surface area contributed by atoms with Crippen LogP contribution in [0.15, 0.2) is 12.1 Å². The second-order valence-electron chi connectivity index (χ2n) is 3.08. The van der Waals surface area contributed by atoms with Crippen molar-refractivity contribution in [2.24, 2.45) is 0 Å². The highest BCUT2D eigenvalue weighted by Crippen LogP contribution is 2.05. The molecule has 0 saturated heterocycles. The fourth-order valence-corrected chi connectivity index (χ4v) is 1.04. The third kappa shape index (κ3) is 3.70. The van der Waals surface area contributed by atoms with Gasteiger partial charge in [0, 0.05) is 6.07 Å². The first kappa shape index (κ1) is 10.9. The summed E-state index contributed by atoms with van der Waals surface area (Å²) < 4.78 is 5.35. The van der Waals surface area contributed by atoms with Gasteiger partial charge in [0.2, 0.25) is 5.88 Å². The van der Waals surface area contributed by atoms with Crippen molar-refractivity contribution in [3.05, 3.63) is 17.8 Å². The highest BCUT2D eigenvalue weighted by Gasteiger charge is 1.96. The fourth-order valence-electron chi connectivity index (χ4n) is 1.04. The van der Waals surface area contributed by atoms with Gasteiger partial charge in [0.15, 0.2) is 0 Å². The van der Waals surface area contributed by atoms with E-state index < -0.39 is 0 Å². The molecule has 0 aromatic carbocycles. The van der Waals surface area contributed by atoms with E-state index in [1.54, 1.807) is 12.1 Å². The Balaban J connectivity index is 2.29. The van der Waals surface area contributed by atoms with Gasteiger partial charge in [0.25, 0.3) is 0 Å². The van der Waals surface area contributed by atoms with Crippen LogP contribution < -0.4 is 4.74 Å². The maximum absolute atomic E-state index is 8.73. The molecule has 0 unspecified atom stereocenters. The molecule has 0 amide bonds. The highest BCUT2D eigenvalue weighted by atomic mass is 16.5. The van der Waals surface area contributed by atoms with Crippen LogP contribution in [0.2, 0.25) is 0 Å². The van der Waals surface area contributed by atoms with Crippen LogP contribution in [0.4, 0.5) is 0 Å². The zero-order valence-corrected chi connectivity index (χ0v) is 8.44. The number of unbranched alkanes of at least 4 members (excludes halogenated alkanes) is 2. The number of ether oxygens (including phenoxy) is 1. The van der Waals surface area contributed by atoms with E-state index in [0.717, 1.165) is 6.42 Å². The monoisotopic (exact) mass is 196 g/mol. The Morgan fingerprint density at radius 2 is 2.14 bits per heavy atom. The van der Waals surface area contributed by atoms with Gasteiger partial charge in [-0.3, -0.25) is 0 Å². The van der Waals surface area contributed by atoms with Crippen molar-refractivity contribution in [1.82, 2.24) is 10.2 Å². The van der Waals surface area contributed by atoms with Gasteiger partial charge >= 0.3 is 0 Å². The molecule has 0 fully saturated rings. The van der Waals surface area contributed by atoms with Crippen molar-refractivity contribution in [1.29, 1.82) is 0 Å². The molecule has 1 aromatic heterocycles. The Morgan fingerprint density at radius 1 is 1.29 bits per heavy atom. The number of nitrogens with zero attached hydrogens (tertiary/aromatic N) is 2. The van der Waals surface area contributed by atoms with Gasteiger partial charge in [0.1, 0.15) is 0 Å². The Bertz CT molecular complexity index is 249. The van der Waals surface area contributed by atoms with Crippen LogP contribution in [-0.2, 0) is 6.61 Å². The van der Waals surface area contributed by atoms with Crippen LogP contribution in [0.5, 0.6) is 5.88 Å². The van der Waals surface area contributed by atoms with E-state index in [9.17, 15) is 0 Å². The van der Waals surface area contributed by atoms with Crippen LogP contribution in [0.1, 0.15) is 31.9 Å². The zero-order valence-electron chi connectivity index (χ0n) is 8.44. The van der Waals surface area contributed by atoms with Crippen molar-refractivity contribution in [2.45, 2.75) is 32.8 Å². The van der Waals surface area contributed by atoms with E-state index in [-0.39, 0.29) is 6.61 Å². The first-order valence-electron chi connectivity index (χ1n) is 4.93. The normalized spacial score (nSPS) is 10.1. The summed E-state index contributed by atoms with van der Waals surface area (Å²) in [5.41, 5.74) is 0.561. The highest BCUT2D eigenvalue weighted by molar-refractivity contribution is 5.10. The minimum atomic E-state index is -0.0802. The average Bonchev–Trinajstić information content (AvgIpc) is 2.25. The van der Waals surface area contributed by atoms with Gasteiger partial charge in [-0.15, -0.1) is 10.2 Å². The maximum Gasteiger partial charge on any atom is 0.233 e. The first-order chi connectivity index (χ1) is 6.86. The molecule has 1 N–H and O–H groups in total. The minimum Gasteiger partial charge on any atom is -0.477 e. The van der Waals surface area contributed by atoms with Gasteiger partial charge in [-0.05, 0) is 12.5 Å². The Hall–Kier alpha value is -1.16. The molecular formula is C10H16N2O2. The number of hydrogen-bond acceptors (Lipinski definition) is 4. The largest absolute Gasteiger partial charge is 0.477 e. The Morgan fingerprint density at radius 3 is 2.71 bits per heavy atom. The minimum absolute atomic E-state index is 0.0802. The van der Waals surface area contributed by atoms with Gasteiger partial charge in [-0.2, -0.15) is 0 Å². The van der Waals surface area contributed by atoms with Crippen molar-refractivity contribution >= 4 is 0 Å². The smallest absolute Gasteiger partial charge is 0.233 e. The van der Waals surface area contributed by atoms with Gasteiger partial charge in [-0.25, -0.2) is 0 Å². The predicted molar refractivity (Wildman–Crippen MR) is 53.0 cm³/mol. The molecule has 0 saturated carbocycles. The fraction of sp³-hybridized carbons (Fsp3) is 0.600. The summed E-state index contributed by atoms with van der Waals surface area (Å²) in [5, 5.41) is 16.3. The molecule has 0 spiro atoms. The summed E-state index contributed by atoms with van der Waals surface area (Å²) in [6.45, 7) is 2.75. The predicted octanol–water partition coefficient (Wildman–Crippen LogP) is 1.54. The molecule has 4 nitrogen and oxygen atoms in total. The topological polar surface area (TPSA) is 55.2 Å². The summed E-state index contributed by atoms with van der Waals surface area (Å²) in [6, 6.07) is 3.44. The molecule has 4 heteroatoms. The molecule has 14 heavy (non-hydrogen) atoms. The Labute approximate surface area is 83.9 Å². The molecule has 1 aromatic rings. The number of aliphatic hydroxyl groups is 1. The number of aliphatic hydroxyl groups excluding tert-OH is 1. The van der Waals surface area contributed by atoms with Crippen molar-refractivity contribution in [2.75, 3.05) is 6.61 Å². The second kappa shape index (κ2) is 6.32. The number of rotatable bonds is 6. The van der Waals surface area contributed by atoms with Crippen LogP contribution >= 0.6 is 0 Å². The lowest BCUT2D eigenvalue weighted by Crippen LogP contribution is -2.01. The molecule has 78 valence electrons. The van der Waals surface area contributed by atoms with Crippen molar-refractivity contribution < 1.29 is 9.84 Å². The van der Waals surface area contributed by atoms with E-state index in [1.165, 1.54) is 12.8 Å². The number of hydrogen-bond donors (Lipinski definition) is 1. The lowest BCUT2D eigenvalue weighted by Gasteiger charge is -2.03. The zero-order chi connectivity index (χ0) is 10.2. The molecule has 0 aliphatic rings. The van der Waals surface area contributed by atoms with Gasteiger partial charge < -0.3 is 9.84 Å². The first-order valence-corrected chi connectivity index (χ1v) is 4.93. The number of aromatic nitrogens is 2. The van der Waals surface area contributed by atoms with Gasteiger partial charge in [0.05, 0.1) is 18.9 Å². The lowest BCUT2D eigenvalue weighted by molar-refractivity contribution is 0.269. The van der Waals surface area contributed by atoms with E-state index in [4.69, 9.17) is 9.84 Å². The maximum atomic E-state index is 8.73. The Kier molecular flexibility index (Phi) is 4.93. The van der Waals surface area contributed by atoms with Crippen LogP contribution in [-0.4, -0.2) is 21.9 Å². The van der Waals surface area contributed by atoms with Crippen LogP contribution in [0.25, 0.3) is 0 Å². The van der Waals surface area contributed by atoms with Crippen LogP contribution in [0.3, 0.4) is 0 Å². The van der Waals surface area contributed by atoms with Gasteiger partial charge in [-0.1, -0.05) is 19.8 Å². The average molecular weight is 196 g/mol. The molecule has 1 rings (SSSR count). The van der Waals surface area contributed by atoms with E-state index >= 15 is 0 Å². The van der Waals surface area contributed by atoms with E-state index in [0.29, 0.717) is 18.2 Å². The molecule has 1 heterocycles. The molecular weight excluding hydrogens is 180 g/mol. The SMILES string of the molecule is CCCCCOc1ccc(CO)nn1. The van der Waals surface area contributed by atoms with E-state index in [2.05, 4.69) is 17.1 Å². The van der Waals surface area contributed by atoms with Crippen LogP contribution in [0, 0.1) is 0 Å². The quantitative estimate of drug-likeness (QED) is 0.701. The summed E-state index contributed by atoms with van der Waals surface area (Å²) >= 11 is 0. The molecule has 0 aliphatic carbocycles. The van der Waals surface area contributed by atoms with Crippen molar-refractivity contribution in [3.63, 3.8) is 0 Å². The second-order valence-corrected chi connectivity index (χ2v) is 3.08. The third-order valence-electron chi connectivity index (χ3n) is 1.86. The summed E-state index contributed by atoms with van der Waals surface area (Å²) in [5.74, 6) is 0.526. The van der Waals surface area contributed by atoms with E-state index in [1.807, 2.05) is 0 Å². The third-order valence-corrected chi connectivity index (χ3v) is 1.86. The molecule has 0 radical (unpaired) electrons. The summed E-state index contributed by atoms with van der Waals surface area (Å²) in [6.07, 6.45) is 3.39. The molecule has 0 bridgehead atoms. The molecule has 0 atom stereocenters. The molecule has 0 aliphatic heterocycles. The summed E-state index contributed by atoms with van der Waals surface area (Å²) in [4.78, 5) is 0. The standard InChI is InChI=1S/C10H16N2O2/c1-2-3-4-7-14-10-6-5-9(8-13)11-12-10/h5-6,13H,2-4,7-8H2,1H3. The summed E-state index contributed by atoms with van der Waals surface area (Å²) in [7, 11) is 0.